The van der Waals surface area contributed by atoms with Crippen LogP contribution in [0.25, 0.3) is 0 Å². The number of fused-ring (bicyclic) bond motifs is 1. The van der Waals surface area contributed by atoms with Gasteiger partial charge in [-0.15, -0.1) is 0 Å². The lowest BCUT2D eigenvalue weighted by Crippen LogP contribution is -2.58. The minimum Gasteiger partial charge on any atom is -0.339 e. The fourth-order valence-electron chi connectivity index (χ4n) is 3.89. The molecule has 4 heteroatoms. The fourth-order valence-corrected chi connectivity index (χ4v) is 3.89. The Balaban J connectivity index is 1.35. The Bertz CT molecular complexity index is 379. The highest BCUT2D eigenvalue weighted by molar-refractivity contribution is 5.86. The van der Waals surface area contributed by atoms with E-state index in [4.69, 9.17) is 0 Å². The molecule has 0 spiro atoms. The third-order valence-electron chi connectivity index (χ3n) is 5.27. The number of hydrogen-bond acceptors (Lipinski definition) is 3. The van der Waals surface area contributed by atoms with Crippen molar-refractivity contribution in [2.45, 2.75) is 50.9 Å². The van der Waals surface area contributed by atoms with Crippen molar-refractivity contribution in [1.82, 2.24) is 15.1 Å². The van der Waals surface area contributed by atoms with Gasteiger partial charge in [-0.2, -0.15) is 0 Å². The zero-order valence-corrected chi connectivity index (χ0v) is 11.3. The van der Waals surface area contributed by atoms with Crippen LogP contribution >= 0.6 is 0 Å². The summed E-state index contributed by atoms with van der Waals surface area (Å²) in [6.07, 6.45) is 2.65. The highest BCUT2D eigenvalue weighted by Gasteiger charge is 2.55. The molecular weight excluding hydrogens is 226 g/mol. The molecule has 18 heavy (non-hydrogen) atoms. The zero-order chi connectivity index (χ0) is 12.4. The molecule has 4 rings (SSSR count). The van der Waals surface area contributed by atoms with E-state index in [1.807, 2.05) is 0 Å². The molecule has 3 aliphatic heterocycles. The first kappa shape index (κ1) is 11.2. The topological polar surface area (TPSA) is 45.5 Å². The minimum atomic E-state index is 0.169. The van der Waals surface area contributed by atoms with Crippen LogP contribution in [0.1, 0.15) is 26.7 Å². The first-order valence-corrected chi connectivity index (χ1v) is 7.45. The van der Waals surface area contributed by atoms with E-state index in [-0.39, 0.29) is 6.04 Å². The minimum absolute atomic E-state index is 0.169. The Labute approximate surface area is 109 Å². The molecule has 100 valence electrons. The monoisotopic (exact) mass is 249 g/mol. The lowest BCUT2D eigenvalue weighted by molar-refractivity contribution is -0.129. The number of amides is 1. The van der Waals surface area contributed by atoms with Crippen molar-refractivity contribution in [3.63, 3.8) is 0 Å². The second kappa shape index (κ2) is 3.70. The highest BCUT2D eigenvalue weighted by Crippen LogP contribution is 2.41. The van der Waals surface area contributed by atoms with Gasteiger partial charge in [0.15, 0.2) is 0 Å². The summed E-state index contributed by atoms with van der Waals surface area (Å²) in [4.78, 5) is 17.1. The number of rotatable bonds is 3. The van der Waals surface area contributed by atoms with E-state index in [2.05, 4.69) is 29.0 Å². The predicted molar refractivity (Wildman–Crippen MR) is 69.1 cm³/mol. The standard InChI is InChI=1S/C14H23N3O/c1-8(2)17-6-10-5-16(7-11(10)17)14(18)13-12(15-13)9-3-4-9/h8-13,15H,3-7H2,1-2H3/t10?,11?,12-,13+/m0/s1. The average molecular weight is 249 g/mol. The van der Waals surface area contributed by atoms with Gasteiger partial charge in [0.1, 0.15) is 6.04 Å². The van der Waals surface area contributed by atoms with Crippen molar-refractivity contribution in [2.24, 2.45) is 11.8 Å². The summed E-state index contributed by atoms with van der Waals surface area (Å²) in [6, 6.07) is 1.96. The maximum atomic E-state index is 12.4. The van der Waals surface area contributed by atoms with E-state index >= 15 is 0 Å². The second-order valence-electron chi connectivity index (χ2n) is 6.87. The maximum Gasteiger partial charge on any atom is 0.241 e. The first-order chi connectivity index (χ1) is 8.65. The van der Waals surface area contributed by atoms with Crippen LogP contribution in [0.2, 0.25) is 0 Å². The molecule has 4 aliphatic rings. The van der Waals surface area contributed by atoms with Gasteiger partial charge in [-0.25, -0.2) is 0 Å². The smallest absolute Gasteiger partial charge is 0.241 e. The van der Waals surface area contributed by atoms with Crippen LogP contribution in [-0.4, -0.2) is 59.5 Å². The summed E-state index contributed by atoms with van der Waals surface area (Å²) in [6.45, 7) is 7.67. The second-order valence-corrected chi connectivity index (χ2v) is 6.87. The van der Waals surface area contributed by atoms with Crippen LogP contribution in [0, 0.1) is 11.8 Å². The molecule has 1 N–H and O–H groups in total. The lowest BCUT2D eigenvalue weighted by Gasteiger charge is -2.46. The van der Waals surface area contributed by atoms with E-state index in [9.17, 15) is 4.79 Å². The molecule has 0 aromatic rings. The first-order valence-electron chi connectivity index (χ1n) is 7.45. The Morgan fingerprint density at radius 3 is 2.61 bits per heavy atom. The SMILES string of the molecule is CC(C)N1CC2CN(C(=O)[C@@H]3N[C@H]3C3CC3)CC21. The molecule has 0 bridgehead atoms. The van der Waals surface area contributed by atoms with Gasteiger partial charge >= 0.3 is 0 Å². The van der Waals surface area contributed by atoms with E-state index < -0.39 is 0 Å². The van der Waals surface area contributed by atoms with Gasteiger partial charge in [0.05, 0.1) is 0 Å². The lowest BCUT2D eigenvalue weighted by atomic mass is 9.90. The summed E-state index contributed by atoms with van der Waals surface area (Å²) in [7, 11) is 0. The van der Waals surface area contributed by atoms with Crippen LogP contribution in [0.4, 0.5) is 0 Å². The van der Waals surface area contributed by atoms with Gasteiger partial charge in [-0.1, -0.05) is 0 Å². The number of likely N-dealkylation sites (tertiary alicyclic amines) is 2. The van der Waals surface area contributed by atoms with E-state index in [1.54, 1.807) is 0 Å². The molecule has 2 unspecified atom stereocenters. The third-order valence-corrected chi connectivity index (χ3v) is 5.27. The van der Waals surface area contributed by atoms with Crippen molar-refractivity contribution < 1.29 is 4.79 Å². The van der Waals surface area contributed by atoms with Gasteiger partial charge < -0.3 is 4.90 Å². The van der Waals surface area contributed by atoms with E-state index in [0.717, 1.165) is 24.9 Å². The molecule has 3 heterocycles. The Hall–Kier alpha value is -0.610. The van der Waals surface area contributed by atoms with Gasteiger partial charge in [0, 0.05) is 43.7 Å². The molecule has 0 aromatic carbocycles. The summed E-state index contributed by atoms with van der Waals surface area (Å²) >= 11 is 0. The molecule has 4 atom stereocenters. The Morgan fingerprint density at radius 2 is 1.94 bits per heavy atom. The van der Waals surface area contributed by atoms with Gasteiger partial charge in [0.25, 0.3) is 0 Å². The molecule has 4 nitrogen and oxygen atoms in total. The number of carbonyl (C=O) groups is 1. The number of nitrogens with one attached hydrogen (secondary N) is 1. The quantitative estimate of drug-likeness (QED) is 0.731. The van der Waals surface area contributed by atoms with Crippen LogP contribution < -0.4 is 5.32 Å². The molecule has 4 fully saturated rings. The Kier molecular flexibility index (Phi) is 2.31. The largest absolute Gasteiger partial charge is 0.339 e. The molecular formula is C14H23N3O. The normalized spacial score (nSPS) is 42.9. The van der Waals surface area contributed by atoms with Crippen LogP contribution in [0.5, 0.6) is 0 Å². The van der Waals surface area contributed by atoms with Crippen molar-refractivity contribution >= 4 is 5.91 Å². The zero-order valence-electron chi connectivity index (χ0n) is 11.3. The predicted octanol–water partition coefficient (Wildman–Crippen LogP) is 0.288. The fraction of sp³-hybridized carbons (Fsp3) is 0.929. The van der Waals surface area contributed by atoms with Crippen molar-refractivity contribution in [3.05, 3.63) is 0 Å². The van der Waals surface area contributed by atoms with Crippen molar-refractivity contribution in [3.8, 4) is 0 Å². The van der Waals surface area contributed by atoms with Gasteiger partial charge in [-0.05, 0) is 32.6 Å². The third kappa shape index (κ3) is 1.62. The maximum absolute atomic E-state index is 12.4. The van der Waals surface area contributed by atoms with Gasteiger partial charge in [-0.3, -0.25) is 15.0 Å². The molecule has 1 aliphatic carbocycles. The number of carbonyl (C=O) groups excluding carboxylic acids is 1. The van der Waals surface area contributed by atoms with E-state index in [1.165, 1.54) is 19.4 Å². The summed E-state index contributed by atoms with van der Waals surface area (Å²) in [5, 5.41) is 3.39. The molecule has 0 radical (unpaired) electrons. The Morgan fingerprint density at radius 1 is 1.17 bits per heavy atom. The highest BCUT2D eigenvalue weighted by atomic mass is 16.2. The molecule has 0 aromatic heterocycles. The van der Waals surface area contributed by atoms with Crippen LogP contribution in [-0.2, 0) is 4.79 Å². The van der Waals surface area contributed by atoms with Gasteiger partial charge in [0.2, 0.25) is 5.91 Å². The molecule has 1 amide bonds. The summed E-state index contributed by atoms with van der Waals surface area (Å²) in [5.74, 6) is 1.94. The van der Waals surface area contributed by atoms with Crippen LogP contribution in [0.3, 0.4) is 0 Å². The molecule has 1 saturated carbocycles. The average Bonchev–Trinajstić information content (AvgIpc) is 3.16. The number of hydrogen-bond donors (Lipinski definition) is 1. The number of nitrogens with zero attached hydrogens (tertiary/aromatic N) is 2. The van der Waals surface area contributed by atoms with E-state index in [0.29, 0.717) is 24.0 Å². The molecule has 3 saturated heterocycles. The summed E-state index contributed by atoms with van der Waals surface area (Å²) in [5.41, 5.74) is 0. The van der Waals surface area contributed by atoms with Crippen molar-refractivity contribution in [2.75, 3.05) is 19.6 Å². The summed E-state index contributed by atoms with van der Waals surface area (Å²) < 4.78 is 0. The van der Waals surface area contributed by atoms with Crippen LogP contribution in [0.15, 0.2) is 0 Å². The van der Waals surface area contributed by atoms with Crippen molar-refractivity contribution in [1.29, 1.82) is 0 Å².